The van der Waals surface area contributed by atoms with Gasteiger partial charge in [0.15, 0.2) is 0 Å². The number of benzene rings is 1. The molecule has 2 amide bonds. The molecule has 0 saturated heterocycles. The second-order valence-corrected chi connectivity index (χ2v) is 11.8. The van der Waals surface area contributed by atoms with Crippen molar-refractivity contribution in [1.29, 1.82) is 0 Å². The third kappa shape index (κ3) is 5.09. The van der Waals surface area contributed by atoms with E-state index in [0.29, 0.717) is 16.7 Å². The van der Waals surface area contributed by atoms with E-state index in [2.05, 4.69) is 4.98 Å². The van der Waals surface area contributed by atoms with Crippen molar-refractivity contribution in [2.24, 2.45) is 0 Å². The molecule has 0 aliphatic heterocycles. The Morgan fingerprint density at radius 3 is 2.03 bits per heavy atom. The van der Waals surface area contributed by atoms with Crippen molar-refractivity contribution >= 4 is 33.2 Å². The van der Waals surface area contributed by atoms with E-state index in [4.69, 9.17) is 4.74 Å². The molecule has 0 radical (unpaired) electrons. The molecule has 0 unspecified atom stereocenters. The lowest BCUT2D eigenvalue weighted by atomic mass is 10.1. The van der Waals surface area contributed by atoms with E-state index in [0.717, 1.165) is 10.0 Å². The summed E-state index contributed by atoms with van der Waals surface area (Å²) in [4.78, 5) is 29.6. The minimum Gasteiger partial charge on any atom is -0.464 e. The molecule has 11 heteroatoms. The predicted molar refractivity (Wildman–Crippen MR) is 131 cm³/mol. The Morgan fingerprint density at radius 1 is 0.943 bits per heavy atom. The maximum Gasteiger partial charge on any atom is 0.436 e. The number of hydrazine groups is 1. The highest BCUT2D eigenvalue weighted by Gasteiger charge is 2.42. The monoisotopic (exact) mass is 502 g/mol. The molecule has 0 fully saturated rings. The topological polar surface area (TPSA) is 122 Å². The number of nitrogens with zero attached hydrogens (tertiary/aromatic N) is 4. The lowest BCUT2D eigenvalue weighted by molar-refractivity contribution is -0.0918. The summed E-state index contributed by atoms with van der Waals surface area (Å²) in [6.07, 6.45) is -2.25. The molecule has 0 saturated carbocycles. The van der Waals surface area contributed by atoms with Crippen molar-refractivity contribution in [2.75, 3.05) is 0 Å². The molecule has 0 aliphatic carbocycles. The zero-order valence-electron chi connectivity index (χ0n) is 20.8. The Labute approximate surface area is 204 Å². The fourth-order valence-electron chi connectivity index (χ4n) is 3.71. The van der Waals surface area contributed by atoms with Crippen LogP contribution < -0.4 is 4.74 Å². The van der Waals surface area contributed by atoms with Crippen LogP contribution in [0.15, 0.2) is 53.4 Å². The first kappa shape index (κ1) is 26.0. The van der Waals surface area contributed by atoms with Crippen molar-refractivity contribution < 1.29 is 27.9 Å². The van der Waals surface area contributed by atoms with Gasteiger partial charge in [-0.1, -0.05) is 18.2 Å². The molecule has 35 heavy (non-hydrogen) atoms. The first-order chi connectivity index (χ1) is 16.0. The van der Waals surface area contributed by atoms with E-state index in [1.54, 1.807) is 72.7 Å². The van der Waals surface area contributed by atoms with Crippen molar-refractivity contribution in [3.05, 3.63) is 54.2 Å². The number of hydrogen-bond acceptors (Lipinski definition) is 6. The number of rotatable bonds is 3. The molecule has 3 rings (SSSR count). The maximum atomic E-state index is 13.2. The molecular weight excluding hydrogens is 472 g/mol. The van der Waals surface area contributed by atoms with Gasteiger partial charge in [-0.25, -0.2) is 37.0 Å². The van der Waals surface area contributed by atoms with E-state index >= 15 is 0 Å². The maximum absolute atomic E-state index is 13.2. The first-order valence-corrected chi connectivity index (χ1v) is 12.3. The van der Waals surface area contributed by atoms with E-state index in [1.807, 2.05) is 0 Å². The van der Waals surface area contributed by atoms with Crippen LogP contribution in [-0.2, 0) is 10.0 Å². The van der Waals surface area contributed by atoms with Gasteiger partial charge in [0, 0.05) is 11.8 Å². The molecule has 0 bridgehead atoms. The van der Waals surface area contributed by atoms with Gasteiger partial charge in [0.25, 0.3) is 10.0 Å². The fraction of sp³-hybridized carbons (Fsp3) is 0.375. The molecule has 2 heterocycles. The van der Waals surface area contributed by atoms with Crippen molar-refractivity contribution in [3.8, 4) is 5.88 Å². The van der Waals surface area contributed by atoms with Gasteiger partial charge in [-0.05, 0) is 72.7 Å². The lowest BCUT2D eigenvalue weighted by Crippen LogP contribution is -2.64. The number of aryl methyl sites for hydroxylation is 1. The zero-order valence-corrected chi connectivity index (χ0v) is 21.6. The van der Waals surface area contributed by atoms with Crippen LogP contribution >= 0.6 is 0 Å². The summed E-state index contributed by atoms with van der Waals surface area (Å²) in [5, 5.41) is 11.7. The molecule has 188 valence electrons. The molecule has 2 aromatic heterocycles. The van der Waals surface area contributed by atoms with Gasteiger partial charge in [-0.3, -0.25) is 0 Å². The number of carbonyl (C=O) groups is 2. The highest BCUT2D eigenvalue weighted by Crippen LogP contribution is 2.28. The second kappa shape index (κ2) is 8.88. The van der Waals surface area contributed by atoms with Crippen LogP contribution in [0.5, 0.6) is 5.88 Å². The van der Waals surface area contributed by atoms with E-state index in [-0.39, 0.29) is 10.8 Å². The van der Waals surface area contributed by atoms with Gasteiger partial charge in [-0.15, -0.1) is 0 Å². The Balaban J connectivity index is 2.01. The van der Waals surface area contributed by atoms with Gasteiger partial charge >= 0.3 is 12.2 Å². The number of amides is 2. The third-order valence-corrected chi connectivity index (χ3v) is 6.89. The second-order valence-electron chi connectivity index (χ2n) is 10.0. The third-order valence-electron chi connectivity index (χ3n) is 5.06. The summed E-state index contributed by atoms with van der Waals surface area (Å²) in [7, 11) is -3.87. The van der Waals surface area contributed by atoms with Crippen LogP contribution in [0, 0.1) is 6.92 Å². The van der Waals surface area contributed by atoms with Crippen LogP contribution in [0.2, 0.25) is 0 Å². The van der Waals surface area contributed by atoms with Gasteiger partial charge in [0.05, 0.1) is 27.0 Å². The highest BCUT2D eigenvalue weighted by molar-refractivity contribution is 7.90. The van der Waals surface area contributed by atoms with Crippen LogP contribution in [0.25, 0.3) is 11.0 Å². The molecule has 1 N–H and O–H groups in total. The van der Waals surface area contributed by atoms with Crippen LogP contribution in [0.4, 0.5) is 9.59 Å². The Kier molecular flexibility index (Phi) is 6.60. The normalized spacial score (nSPS) is 12.4. The fourth-order valence-corrected chi connectivity index (χ4v) is 5.26. The average molecular weight is 503 g/mol. The number of carboxylic acid groups (broad SMARTS) is 1. The van der Waals surface area contributed by atoms with Crippen LogP contribution in [0.1, 0.15) is 47.2 Å². The Morgan fingerprint density at radius 2 is 1.51 bits per heavy atom. The average Bonchev–Trinajstić information content (AvgIpc) is 3.06. The van der Waals surface area contributed by atoms with Gasteiger partial charge < -0.3 is 9.84 Å². The highest BCUT2D eigenvalue weighted by atomic mass is 32.2. The molecule has 10 nitrogen and oxygen atoms in total. The number of pyridine rings is 1. The Bertz CT molecular complexity index is 1370. The first-order valence-electron chi connectivity index (χ1n) is 10.9. The number of ether oxygens (including phenoxy) is 1. The SMILES string of the molecule is Cc1cc2nc(OC(=O)N(N(C(=O)O)C(C)(C)C)C(C)(C)C)ccc2n1S(=O)(=O)c1ccccc1. The molecule has 0 spiro atoms. The minimum absolute atomic E-state index is 0.0924. The quantitative estimate of drug-likeness (QED) is 0.507. The van der Waals surface area contributed by atoms with Crippen LogP contribution in [-0.4, -0.2) is 55.8 Å². The number of aromatic nitrogens is 2. The van der Waals surface area contributed by atoms with E-state index in [9.17, 15) is 23.1 Å². The van der Waals surface area contributed by atoms with Crippen molar-refractivity contribution in [3.63, 3.8) is 0 Å². The lowest BCUT2D eigenvalue weighted by Gasteiger charge is -2.46. The number of fused-ring (bicyclic) bond motifs is 1. The molecule has 0 aliphatic rings. The van der Waals surface area contributed by atoms with Gasteiger partial charge in [0.1, 0.15) is 0 Å². The van der Waals surface area contributed by atoms with Crippen LogP contribution in [0.3, 0.4) is 0 Å². The molecule has 1 aromatic carbocycles. The molecule has 3 aromatic rings. The number of hydrogen-bond donors (Lipinski definition) is 1. The number of carbonyl (C=O) groups excluding carboxylic acids is 1. The predicted octanol–water partition coefficient (Wildman–Crippen LogP) is 4.87. The summed E-state index contributed by atoms with van der Waals surface area (Å²) in [5.74, 6) is -0.0924. The summed E-state index contributed by atoms with van der Waals surface area (Å²) in [6.45, 7) is 11.7. The minimum atomic E-state index is -3.87. The largest absolute Gasteiger partial charge is 0.464 e. The van der Waals surface area contributed by atoms with Crippen molar-refractivity contribution in [1.82, 2.24) is 19.0 Å². The summed E-state index contributed by atoms with van der Waals surface area (Å²) in [5.41, 5.74) is -0.811. The van der Waals surface area contributed by atoms with E-state index in [1.165, 1.54) is 28.2 Å². The standard InChI is InChI=1S/C24H30N4O6S/c1-16-15-18-19(26(16)35(32,33)17-11-9-8-10-12-17)13-14-20(25-18)34-22(31)28(24(5,6)7)27(21(29)30)23(2,3)4/h8-15H,1-7H3,(H,29,30). The Hall–Kier alpha value is -3.60. The smallest absolute Gasteiger partial charge is 0.436 e. The summed E-state index contributed by atoms with van der Waals surface area (Å²) in [6, 6.07) is 12.5. The molecular formula is C24H30N4O6S. The summed E-state index contributed by atoms with van der Waals surface area (Å²) < 4.78 is 33.1. The molecule has 0 atom stereocenters. The zero-order chi connectivity index (χ0) is 26.3. The van der Waals surface area contributed by atoms with Crippen molar-refractivity contribution in [2.45, 2.75) is 64.4 Å². The van der Waals surface area contributed by atoms with Gasteiger partial charge in [0.2, 0.25) is 5.88 Å². The van der Waals surface area contributed by atoms with Gasteiger partial charge in [-0.2, -0.15) is 0 Å². The van der Waals surface area contributed by atoms with E-state index < -0.39 is 33.3 Å². The summed E-state index contributed by atoms with van der Waals surface area (Å²) >= 11 is 0.